The largest absolute Gasteiger partial charge is 0.481 e. The molecule has 0 aromatic carbocycles. The Bertz CT molecular complexity index is 907. The van der Waals surface area contributed by atoms with Crippen molar-refractivity contribution in [3.63, 3.8) is 0 Å². The van der Waals surface area contributed by atoms with Gasteiger partial charge in [0.05, 0.1) is 16.9 Å². The molecule has 2 aliphatic rings. The summed E-state index contributed by atoms with van der Waals surface area (Å²) < 4.78 is 0.521. The van der Waals surface area contributed by atoms with Crippen molar-refractivity contribution in [1.82, 2.24) is 5.32 Å². The maximum absolute atomic E-state index is 12.2. The Balaban J connectivity index is 0.00000200. The average molecular weight is 762 g/mol. The summed E-state index contributed by atoms with van der Waals surface area (Å²) in [6, 6.07) is 0. The summed E-state index contributed by atoms with van der Waals surface area (Å²) in [5.41, 5.74) is 0. The molecular formula is C31H55NO8S6. The highest BCUT2D eigenvalue weighted by Crippen LogP contribution is 2.83. The van der Waals surface area contributed by atoms with Gasteiger partial charge in [0, 0.05) is 33.7 Å². The molecule has 0 aromatic heterocycles. The molecule has 0 aliphatic carbocycles. The van der Waals surface area contributed by atoms with Gasteiger partial charge >= 0.3 is 17.9 Å². The number of aliphatic carboxylic acids is 3. The fourth-order valence-corrected chi connectivity index (χ4v) is 17.7. The molecule has 2 heterocycles. The molecule has 4 N–H and O–H groups in total. The summed E-state index contributed by atoms with van der Waals surface area (Å²) in [7, 11) is 12.0. The minimum Gasteiger partial charge on any atom is -0.481 e. The van der Waals surface area contributed by atoms with Gasteiger partial charge in [-0.25, -0.2) is 0 Å². The van der Waals surface area contributed by atoms with Crippen molar-refractivity contribution in [2.45, 2.75) is 138 Å². The Labute approximate surface area is 300 Å². The third kappa shape index (κ3) is 24.7. The van der Waals surface area contributed by atoms with Crippen LogP contribution in [0.3, 0.4) is 0 Å². The predicted octanol–water partition coefficient (Wildman–Crippen LogP) is 9.95. The first-order valence-corrected chi connectivity index (χ1v) is 23.3. The number of carbonyl (C=O) groups is 5. The van der Waals surface area contributed by atoms with E-state index in [0.717, 1.165) is 44.9 Å². The minimum absolute atomic E-state index is 0. The zero-order valence-corrected chi connectivity index (χ0v) is 31.9. The topological polar surface area (TPSA) is 158 Å². The van der Waals surface area contributed by atoms with Gasteiger partial charge in [-0.15, -0.1) is 0 Å². The Kier molecular flexibility index (Phi) is 26.1. The van der Waals surface area contributed by atoms with Gasteiger partial charge in [-0.05, 0) is 53.7 Å². The first-order chi connectivity index (χ1) is 22.0. The molecule has 0 radical (unpaired) electrons. The number of unbranched alkanes of at least 4 members (excludes halogenated alkanes) is 12. The summed E-state index contributed by atoms with van der Waals surface area (Å²) >= 11 is 0. The number of carboxylic acids is 3. The number of ketones is 1. The molecule has 15 heteroatoms. The third-order valence-electron chi connectivity index (χ3n) is 7.58. The number of hydrogen-bond donors (Lipinski definition) is 4. The molecule has 2 aliphatic heterocycles. The Morgan fingerprint density at radius 3 is 1.63 bits per heavy atom. The molecular weight excluding hydrogens is 707 g/mol. The zero-order valence-electron chi connectivity index (χ0n) is 27.0. The second-order valence-corrected chi connectivity index (χ2v) is 21.2. The molecule has 268 valence electrons. The number of carboxylic acid groups (broad SMARTS) is 3. The lowest BCUT2D eigenvalue weighted by Crippen LogP contribution is -2.26. The summed E-state index contributed by atoms with van der Waals surface area (Å²) in [5, 5.41) is 30.9. The van der Waals surface area contributed by atoms with Gasteiger partial charge in [0.2, 0.25) is 5.91 Å². The lowest BCUT2D eigenvalue weighted by atomic mass is 9.94. The average Bonchev–Trinajstić information content (AvgIpc) is 3.77. The standard InChI is InChI=1S/C29H51NO8.C2H2S6.H2/c1-23(28(35)36)16-14-15-21-30-26(32)20-19-24(29(37)38)22-25(31)17-12-10-8-6-4-2-3-5-7-9-11-13-18-27(33)34;1-3-5-2(6-4-1)7-8-2;/h23-24H,2-22H2,1H3,(H,30,32)(H,33,34)(H,35,36)(H,37,38);1H2;1H/t23-,24+;;/m0../s1. The van der Waals surface area contributed by atoms with Gasteiger partial charge in [0.1, 0.15) is 5.78 Å². The molecule has 0 saturated carbocycles. The lowest BCUT2D eigenvalue weighted by Gasteiger charge is -2.13. The Hall–Kier alpha value is -0.350. The van der Waals surface area contributed by atoms with Gasteiger partial charge in [-0.2, -0.15) is 0 Å². The first kappa shape index (κ1) is 43.7. The molecule has 2 fully saturated rings. The van der Waals surface area contributed by atoms with Crippen LogP contribution in [0.2, 0.25) is 0 Å². The lowest BCUT2D eigenvalue weighted by molar-refractivity contribution is -0.144. The van der Waals surface area contributed by atoms with Crippen LogP contribution in [0.5, 0.6) is 0 Å². The SMILES string of the molecule is C1SSC2(SS1)SS2.C[C@@H](CCCCNC(=O)CC[C@H](CC(=O)CCCCCCCCCCCCCCC(=O)O)C(=O)O)C(=O)O.[HH]. The maximum Gasteiger partial charge on any atom is 0.306 e. The van der Waals surface area contributed by atoms with E-state index in [2.05, 4.69) is 5.32 Å². The van der Waals surface area contributed by atoms with Crippen LogP contribution >= 0.6 is 64.8 Å². The van der Waals surface area contributed by atoms with Crippen molar-refractivity contribution in [1.29, 1.82) is 0 Å². The zero-order chi connectivity index (χ0) is 34.0. The monoisotopic (exact) mass is 761 g/mol. The second kappa shape index (κ2) is 27.5. The Morgan fingerprint density at radius 1 is 0.652 bits per heavy atom. The van der Waals surface area contributed by atoms with Crippen LogP contribution in [-0.4, -0.2) is 59.3 Å². The van der Waals surface area contributed by atoms with Crippen LogP contribution in [-0.2, 0) is 24.0 Å². The molecule has 0 bridgehead atoms. The first-order valence-electron chi connectivity index (χ1n) is 16.5. The van der Waals surface area contributed by atoms with E-state index in [1.165, 1.54) is 37.2 Å². The third-order valence-corrected chi connectivity index (χ3v) is 20.5. The fraction of sp³-hybridized carbons (Fsp3) is 0.839. The van der Waals surface area contributed by atoms with E-state index in [9.17, 15) is 29.1 Å². The summed E-state index contributed by atoms with van der Waals surface area (Å²) in [5.74, 6) is -4.15. The van der Waals surface area contributed by atoms with Crippen LogP contribution < -0.4 is 5.32 Å². The van der Waals surface area contributed by atoms with Crippen LogP contribution in [0.1, 0.15) is 137 Å². The van der Waals surface area contributed by atoms with Crippen molar-refractivity contribution in [2.75, 3.05) is 11.6 Å². The highest BCUT2D eigenvalue weighted by atomic mass is 33.2. The van der Waals surface area contributed by atoms with E-state index in [1.807, 2.05) is 64.8 Å². The van der Waals surface area contributed by atoms with Crippen molar-refractivity contribution in [3.8, 4) is 0 Å². The number of hydrogen-bond acceptors (Lipinski definition) is 11. The molecule has 2 rings (SSSR count). The van der Waals surface area contributed by atoms with Crippen molar-refractivity contribution in [2.24, 2.45) is 11.8 Å². The highest BCUT2D eigenvalue weighted by Gasteiger charge is 2.50. The fourth-order valence-electron chi connectivity index (χ4n) is 4.69. The van der Waals surface area contributed by atoms with E-state index in [4.69, 9.17) is 10.2 Å². The quantitative estimate of drug-likeness (QED) is 0.0356. The molecule has 2 atom stereocenters. The molecule has 1 spiro atoms. The number of rotatable bonds is 27. The molecule has 0 unspecified atom stereocenters. The molecule has 9 nitrogen and oxygen atoms in total. The van der Waals surface area contributed by atoms with Crippen molar-refractivity contribution < 1.29 is 40.7 Å². The van der Waals surface area contributed by atoms with Crippen LogP contribution in [0, 0.1) is 11.8 Å². The van der Waals surface area contributed by atoms with E-state index in [-0.39, 0.29) is 38.8 Å². The molecule has 46 heavy (non-hydrogen) atoms. The molecule has 0 aromatic rings. The summed E-state index contributed by atoms with van der Waals surface area (Å²) in [6.45, 7) is 2.08. The van der Waals surface area contributed by atoms with Crippen LogP contribution in [0.4, 0.5) is 0 Å². The number of carbonyl (C=O) groups excluding carboxylic acids is 2. The molecule has 2 saturated heterocycles. The minimum atomic E-state index is -1.05. The van der Waals surface area contributed by atoms with Crippen molar-refractivity contribution >= 4 is 94.4 Å². The predicted molar refractivity (Wildman–Crippen MR) is 201 cm³/mol. The number of nitrogens with one attached hydrogen (secondary N) is 1. The van der Waals surface area contributed by atoms with E-state index in [0.29, 0.717) is 35.0 Å². The van der Waals surface area contributed by atoms with Gasteiger partial charge in [0.15, 0.2) is 2.74 Å². The van der Waals surface area contributed by atoms with Crippen molar-refractivity contribution in [3.05, 3.63) is 0 Å². The second-order valence-electron chi connectivity index (χ2n) is 11.7. The number of amides is 1. The normalized spacial score (nSPS) is 16.1. The van der Waals surface area contributed by atoms with E-state index < -0.39 is 29.7 Å². The maximum atomic E-state index is 12.2. The van der Waals surface area contributed by atoms with Gasteiger partial charge in [-0.1, -0.05) is 121 Å². The van der Waals surface area contributed by atoms with Gasteiger partial charge in [0.25, 0.3) is 0 Å². The van der Waals surface area contributed by atoms with Crippen LogP contribution in [0.25, 0.3) is 0 Å². The Morgan fingerprint density at radius 2 is 1.17 bits per heavy atom. The number of Topliss-reactive ketones (excluding diaryl/α,β-unsaturated/α-hetero) is 1. The van der Waals surface area contributed by atoms with Gasteiger partial charge < -0.3 is 20.6 Å². The smallest absolute Gasteiger partial charge is 0.306 e. The molecule has 1 amide bonds. The van der Waals surface area contributed by atoms with E-state index >= 15 is 0 Å². The highest BCUT2D eigenvalue weighted by molar-refractivity contribution is 9.14. The van der Waals surface area contributed by atoms with Crippen LogP contribution in [0.15, 0.2) is 0 Å². The van der Waals surface area contributed by atoms with E-state index in [1.54, 1.807) is 6.92 Å². The summed E-state index contributed by atoms with van der Waals surface area (Å²) in [6.07, 6.45) is 15.5. The van der Waals surface area contributed by atoms with Gasteiger partial charge in [-0.3, -0.25) is 24.0 Å². The summed E-state index contributed by atoms with van der Waals surface area (Å²) in [4.78, 5) is 57.0.